The van der Waals surface area contributed by atoms with Crippen molar-refractivity contribution in [2.75, 3.05) is 17.7 Å². The van der Waals surface area contributed by atoms with E-state index in [1.165, 1.54) is 12.1 Å². The van der Waals surface area contributed by atoms with Gasteiger partial charge in [0, 0.05) is 31.9 Å². The predicted molar refractivity (Wildman–Crippen MR) is 103 cm³/mol. The van der Waals surface area contributed by atoms with E-state index in [9.17, 15) is 9.18 Å². The first-order chi connectivity index (χ1) is 13.0. The van der Waals surface area contributed by atoms with Crippen molar-refractivity contribution in [1.29, 1.82) is 0 Å². The zero-order valence-corrected chi connectivity index (χ0v) is 15.1. The van der Waals surface area contributed by atoms with Crippen molar-refractivity contribution in [1.82, 2.24) is 14.8 Å². The second kappa shape index (κ2) is 7.96. The molecule has 0 aliphatic rings. The highest BCUT2D eigenvalue weighted by molar-refractivity contribution is 5.94. The molecule has 0 saturated heterocycles. The molecule has 8 heteroatoms. The third-order valence-electron chi connectivity index (χ3n) is 4.15. The number of aromatic nitrogens is 3. The number of aryl methyl sites for hydroxylation is 1. The second-order valence-corrected chi connectivity index (χ2v) is 6.14. The molecular weight excluding hydrogens is 347 g/mol. The van der Waals surface area contributed by atoms with Gasteiger partial charge in [0.25, 0.3) is 0 Å². The predicted octanol–water partition coefficient (Wildman–Crippen LogP) is 2.17. The Morgan fingerprint density at radius 3 is 2.70 bits per heavy atom. The van der Waals surface area contributed by atoms with Crippen molar-refractivity contribution in [3.63, 3.8) is 0 Å². The standard InChI is InChI=1S/C19H21FN6O/c1-22-17-10-13(7-8-23-17)16-11-18(26(2)25-16)24-19(27)15(21)9-12-3-5-14(20)6-4-12/h3-8,10-11,15H,9,21H2,1-2H3,(H,22,23)(H,24,27). The molecule has 0 aliphatic heterocycles. The van der Waals surface area contributed by atoms with Gasteiger partial charge in [-0.2, -0.15) is 5.10 Å². The van der Waals surface area contributed by atoms with Crippen LogP contribution in [0.5, 0.6) is 0 Å². The van der Waals surface area contributed by atoms with Crippen LogP contribution in [0, 0.1) is 5.82 Å². The van der Waals surface area contributed by atoms with E-state index in [0.717, 1.165) is 16.9 Å². The van der Waals surface area contributed by atoms with E-state index in [-0.39, 0.29) is 11.7 Å². The molecule has 3 rings (SSSR count). The zero-order chi connectivity index (χ0) is 19.4. The third kappa shape index (κ3) is 4.48. The van der Waals surface area contributed by atoms with Crippen LogP contribution in [0.25, 0.3) is 11.3 Å². The number of rotatable bonds is 6. The average molecular weight is 368 g/mol. The maximum atomic E-state index is 13.0. The lowest BCUT2D eigenvalue weighted by molar-refractivity contribution is -0.117. The van der Waals surface area contributed by atoms with Gasteiger partial charge in [0.15, 0.2) is 0 Å². The van der Waals surface area contributed by atoms with Crippen LogP contribution in [0.2, 0.25) is 0 Å². The van der Waals surface area contributed by atoms with Gasteiger partial charge in [-0.05, 0) is 36.2 Å². The van der Waals surface area contributed by atoms with E-state index in [0.29, 0.717) is 17.9 Å². The van der Waals surface area contributed by atoms with Gasteiger partial charge in [0.1, 0.15) is 17.5 Å². The monoisotopic (exact) mass is 368 g/mol. The van der Waals surface area contributed by atoms with Crippen LogP contribution in [-0.2, 0) is 18.3 Å². The second-order valence-electron chi connectivity index (χ2n) is 6.14. The Labute approximate surface area is 156 Å². The van der Waals surface area contributed by atoms with Crippen LogP contribution >= 0.6 is 0 Å². The van der Waals surface area contributed by atoms with E-state index in [1.807, 2.05) is 12.1 Å². The third-order valence-corrected chi connectivity index (χ3v) is 4.15. The summed E-state index contributed by atoms with van der Waals surface area (Å²) in [4.78, 5) is 16.6. The van der Waals surface area contributed by atoms with Gasteiger partial charge in [-0.1, -0.05) is 12.1 Å². The zero-order valence-electron chi connectivity index (χ0n) is 15.1. The van der Waals surface area contributed by atoms with Crippen LogP contribution in [0.1, 0.15) is 5.56 Å². The van der Waals surface area contributed by atoms with Gasteiger partial charge in [0.2, 0.25) is 5.91 Å². The number of anilines is 2. The lowest BCUT2D eigenvalue weighted by Gasteiger charge is -2.12. The van der Waals surface area contributed by atoms with Crippen LogP contribution < -0.4 is 16.4 Å². The molecule has 0 radical (unpaired) electrons. The number of nitrogens with two attached hydrogens (primary N) is 1. The molecule has 1 amide bonds. The first kappa shape index (κ1) is 18.5. The van der Waals surface area contributed by atoms with Gasteiger partial charge < -0.3 is 16.4 Å². The number of carbonyl (C=O) groups is 1. The van der Waals surface area contributed by atoms with Crippen LogP contribution in [0.4, 0.5) is 16.0 Å². The van der Waals surface area contributed by atoms with Crippen LogP contribution in [0.3, 0.4) is 0 Å². The molecule has 0 saturated carbocycles. The Morgan fingerprint density at radius 1 is 1.26 bits per heavy atom. The molecule has 0 aliphatic carbocycles. The Kier molecular flexibility index (Phi) is 5.46. The Hall–Kier alpha value is -3.26. The summed E-state index contributed by atoms with van der Waals surface area (Å²) >= 11 is 0. The summed E-state index contributed by atoms with van der Waals surface area (Å²) in [6.45, 7) is 0. The average Bonchev–Trinajstić information content (AvgIpc) is 3.04. The van der Waals surface area contributed by atoms with Crippen LogP contribution in [-0.4, -0.2) is 33.8 Å². The van der Waals surface area contributed by atoms with Crippen molar-refractivity contribution in [2.45, 2.75) is 12.5 Å². The number of nitrogens with one attached hydrogen (secondary N) is 2. The van der Waals surface area contributed by atoms with Gasteiger partial charge in [-0.25, -0.2) is 9.37 Å². The van der Waals surface area contributed by atoms with E-state index in [4.69, 9.17) is 5.73 Å². The Balaban J connectivity index is 1.70. The summed E-state index contributed by atoms with van der Waals surface area (Å²) in [7, 11) is 3.53. The minimum Gasteiger partial charge on any atom is -0.373 e. The van der Waals surface area contributed by atoms with Crippen molar-refractivity contribution in [3.8, 4) is 11.3 Å². The summed E-state index contributed by atoms with van der Waals surface area (Å²) in [5.74, 6) is 0.605. The highest BCUT2D eigenvalue weighted by Gasteiger charge is 2.17. The number of amides is 1. The first-order valence-corrected chi connectivity index (χ1v) is 8.45. The molecule has 7 nitrogen and oxygen atoms in total. The smallest absolute Gasteiger partial charge is 0.242 e. The van der Waals surface area contributed by atoms with Crippen molar-refractivity contribution in [2.24, 2.45) is 12.8 Å². The van der Waals surface area contributed by atoms with Crippen molar-refractivity contribution >= 4 is 17.5 Å². The summed E-state index contributed by atoms with van der Waals surface area (Å²) in [5.41, 5.74) is 8.36. The summed E-state index contributed by atoms with van der Waals surface area (Å²) in [5, 5.41) is 10.2. The molecule has 27 heavy (non-hydrogen) atoms. The molecule has 2 heterocycles. The largest absolute Gasteiger partial charge is 0.373 e. The molecule has 0 bridgehead atoms. The summed E-state index contributed by atoms with van der Waals surface area (Å²) < 4.78 is 14.6. The Bertz CT molecular complexity index is 938. The molecule has 140 valence electrons. The lowest BCUT2D eigenvalue weighted by atomic mass is 10.1. The number of hydrogen-bond donors (Lipinski definition) is 3. The fourth-order valence-electron chi connectivity index (χ4n) is 2.64. The van der Waals surface area contributed by atoms with E-state index in [1.54, 1.807) is 43.2 Å². The molecule has 1 unspecified atom stereocenters. The molecule has 0 spiro atoms. The number of pyridine rings is 1. The van der Waals surface area contributed by atoms with Gasteiger partial charge >= 0.3 is 0 Å². The van der Waals surface area contributed by atoms with Crippen LogP contribution in [0.15, 0.2) is 48.7 Å². The molecular formula is C19H21FN6O. The maximum absolute atomic E-state index is 13.0. The minimum absolute atomic E-state index is 0.312. The number of hydrogen-bond acceptors (Lipinski definition) is 5. The maximum Gasteiger partial charge on any atom is 0.242 e. The highest BCUT2D eigenvalue weighted by Crippen LogP contribution is 2.23. The van der Waals surface area contributed by atoms with E-state index in [2.05, 4.69) is 20.7 Å². The quantitative estimate of drug-likeness (QED) is 0.619. The molecule has 0 fully saturated rings. The van der Waals surface area contributed by atoms with Crippen molar-refractivity contribution in [3.05, 3.63) is 60.0 Å². The fourth-order valence-corrected chi connectivity index (χ4v) is 2.64. The molecule has 3 aromatic rings. The van der Waals surface area contributed by atoms with Crippen molar-refractivity contribution < 1.29 is 9.18 Å². The summed E-state index contributed by atoms with van der Waals surface area (Å²) in [6, 6.07) is 10.7. The fraction of sp³-hybridized carbons (Fsp3) is 0.211. The van der Waals surface area contributed by atoms with Gasteiger partial charge in [-0.15, -0.1) is 0 Å². The molecule has 1 aromatic carbocycles. The van der Waals surface area contributed by atoms with E-state index >= 15 is 0 Å². The highest BCUT2D eigenvalue weighted by atomic mass is 19.1. The number of nitrogens with zero attached hydrogens (tertiary/aromatic N) is 3. The van der Waals surface area contributed by atoms with E-state index < -0.39 is 6.04 Å². The minimum atomic E-state index is -0.759. The molecule has 2 aromatic heterocycles. The van der Waals surface area contributed by atoms with Gasteiger partial charge in [0.05, 0.1) is 11.7 Å². The Morgan fingerprint density at radius 2 is 2.00 bits per heavy atom. The SMILES string of the molecule is CNc1cc(-c2cc(NC(=O)C(N)Cc3ccc(F)cc3)n(C)n2)ccn1. The summed E-state index contributed by atoms with van der Waals surface area (Å²) in [6.07, 6.45) is 2.00. The topological polar surface area (TPSA) is 97.9 Å². The normalized spacial score (nSPS) is 11.9. The molecule has 1 atom stereocenters. The number of benzene rings is 1. The molecule has 4 N–H and O–H groups in total. The first-order valence-electron chi connectivity index (χ1n) is 8.45. The van der Waals surface area contributed by atoms with Gasteiger partial charge in [-0.3, -0.25) is 9.48 Å². The number of carbonyl (C=O) groups excluding carboxylic acids is 1. The number of halogens is 1. The lowest BCUT2D eigenvalue weighted by Crippen LogP contribution is -2.37.